The Balaban J connectivity index is 0.00000400. The van der Waals surface area contributed by atoms with E-state index in [1.807, 2.05) is 19.9 Å². The Kier molecular flexibility index (Phi) is 7.91. The minimum Gasteiger partial charge on any atom is -0.475 e. The summed E-state index contributed by atoms with van der Waals surface area (Å²) < 4.78 is 33.4. The molecule has 1 aliphatic rings. The first-order valence-corrected chi connectivity index (χ1v) is 13.8. The number of piperidine rings is 1. The van der Waals surface area contributed by atoms with E-state index in [0.717, 1.165) is 37.9 Å². The van der Waals surface area contributed by atoms with E-state index in [1.165, 1.54) is 18.2 Å². The monoisotopic (exact) mass is 526 g/mol. The van der Waals surface area contributed by atoms with Crippen molar-refractivity contribution in [1.82, 2.24) is 19.7 Å². The highest BCUT2D eigenvalue weighted by atomic mass is 32.2. The van der Waals surface area contributed by atoms with Crippen LogP contribution in [0, 0.1) is 5.92 Å². The molecule has 0 bridgehead atoms. The van der Waals surface area contributed by atoms with Crippen LogP contribution in [0.2, 0.25) is 0 Å². The van der Waals surface area contributed by atoms with E-state index < -0.39 is 15.9 Å². The van der Waals surface area contributed by atoms with E-state index in [-0.39, 0.29) is 23.9 Å². The van der Waals surface area contributed by atoms with Crippen LogP contribution in [-0.2, 0) is 10.0 Å². The van der Waals surface area contributed by atoms with Gasteiger partial charge in [-0.25, -0.2) is 19.7 Å². The highest BCUT2D eigenvalue weighted by Crippen LogP contribution is 2.30. The molecule has 3 aromatic rings. The topological polar surface area (TPSA) is 140 Å². The van der Waals surface area contributed by atoms with Gasteiger partial charge in [-0.1, -0.05) is 19.4 Å². The fraction of sp³-hybridized carbons (Fsp3) is 0.385. The van der Waals surface area contributed by atoms with Crippen LogP contribution in [-0.4, -0.2) is 48.5 Å². The van der Waals surface area contributed by atoms with Gasteiger partial charge in [0.2, 0.25) is 5.88 Å². The molecule has 1 aliphatic heterocycles. The van der Waals surface area contributed by atoms with Crippen molar-refractivity contribution in [2.45, 2.75) is 51.2 Å². The normalized spacial score (nSPS) is 16.0. The highest BCUT2D eigenvalue weighted by Gasteiger charge is 2.27. The molecule has 10 nitrogen and oxygen atoms in total. The molecule has 0 radical (unpaired) electrons. The number of aromatic nitrogens is 3. The zero-order chi connectivity index (χ0) is 26.6. The molecule has 3 aromatic heterocycles. The third-order valence-electron chi connectivity index (χ3n) is 6.15. The predicted octanol–water partition coefficient (Wildman–Crippen LogP) is 3.90. The summed E-state index contributed by atoms with van der Waals surface area (Å²) in [6, 6.07) is 11.1. The molecular formula is C26H34N6O4S. The quantitative estimate of drug-likeness (QED) is 0.447. The molecule has 4 heterocycles. The van der Waals surface area contributed by atoms with Crippen LogP contribution in [0.25, 0.3) is 11.3 Å². The number of rotatable bonds is 8. The van der Waals surface area contributed by atoms with Gasteiger partial charge in [0.05, 0.1) is 17.4 Å². The first-order chi connectivity index (χ1) is 17.7. The number of nitrogen functional groups attached to an aromatic ring is 1. The fourth-order valence-corrected chi connectivity index (χ4v) is 5.21. The van der Waals surface area contributed by atoms with E-state index in [1.54, 1.807) is 24.4 Å². The smallest absolute Gasteiger partial charge is 0.281 e. The van der Waals surface area contributed by atoms with Crippen molar-refractivity contribution in [3.05, 3.63) is 54.2 Å². The van der Waals surface area contributed by atoms with Crippen molar-refractivity contribution in [3.63, 3.8) is 0 Å². The van der Waals surface area contributed by atoms with Gasteiger partial charge >= 0.3 is 0 Å². The lowest BCUT2D eigenvalue weighted by Crippen LogP contribution is -2.38. The molecule has 1 atom stereocenters. The van der Waals surface area contributed by atoms with Crippen LogP contribution in [0.15, 0.2) is 53.7 Å². The number of carbonyl (C=O) groups is 1. The molecule has 11 heteroatoms. The third kappa shape index (κ3) is 6.34. The molecule has 1 saturated heterocycles. The van der Waals surface area contributed by atoms with Crippen molar-refractivity contribution in [2.24, 2.45) is 5.92 Å². The number of nitrogens with two attached hydrogens (primary N) is 1. The molecule has 0 saturated carbocycles. The Hall–Kier alpha value is -3.73. The second-order valence-corrected chi connectivity index (χ2v) is 10.9. The Labute approximate surface area is 218 Å². The number of hydrogen-bond donors (Lipinski definition) is 2. The first-order valence-electron chi connectivity index (χ1n) is 12.3. The second-order valence-electron chi connectivity index (χ2n) is 9.32. The summed E-state index contributed by atoms with van der Waals surface area (Å²) >= 11 is 0. The summed E-state index contributed by atoms with van der Waals surface area (Å²) in [4.78, 5) is 28.4. The Bertz CT molecular complexity index is 1370. The lowest BCUT2D eigenvalue weighted by atomic mass is 9.95. The summed E-state index contributed by atoms with van der Waals surface area (Å²) in [6.07, 6.45) is 4.74. The maximum Gasteiger partial charge on any atom is 0.281 e. The number of nitrogens with one attached hydrogen (secondary N) is 1. The molecule has 1 unspecified atom stereocenters. The van der Waals surface area contributed by atoms with Gasteiger partial charge in [-0.05, 0) is 62.9 Å². The van der Waals surface area contributed by atoms with Gasteiger partial charge in [-0.2, -0.15) is 8.42 Å². The van der Waals surface area contributed by atoms with Gasteiger partial charge in [0.15, 0.2) is 5.03 Å². The minimum atomic E-state index is -4.23. The first kappa shape index (κ1) is 26.3. The third-order valence-corrected chi connectivity index (χ3v) is 7.38. The van der Waals surface area contributed by atoms with Crippen LogP contribution in [0.4, 0.5) is 11.6 Å². The highest BCUT2D eigenvalue weighted by molar-refractivity contribution is 7.90. The maximum atomic E-state index is 13.3. The van der Waals surface area contributed by atoms with Gasteiger partial charge in [-0.3, -0.25) is 4.79 Å². The lowest BCUT2D eigenvalue weighted by Gasteiger charge is -2.34. The second kappa shape index (κ2) is 11.1. The van der Waals surface area contributed by atoms with Gasteiger partial charge in [-0.15, -0.1) is 0 Å². The standard InChI is InChI=1S/C26H32N6O4S.H2/c1-4-18-7-6-14-32(16-18)25-20(26(33)31-37(34,35)24-9-5-8-22(27)30-24)11-12-21(29-25)19-10-13-23(28-15-19)36-17(2)3;/h5,8-13,15,17-18H,4,6-7,14,16H2,1-3H3,(H2,27,30)(H,31,33);1H. The summed E-state index contributed by atoms with van der Waals surface area (Å²) in [7, 11) is -4.23. The van der Waals surface area contributed by atoms with Crippen molar-refractivity contribution in [3.8, 4) is 17.1 Å². The van der Waals surface area contributed by atoms with E-state index in [9.17, 15) is 13.2 Å². The largest absolute Gasteiger partial charge is 0.475 e. The summed E-state index contributed by atoms with van der Waals surface area (Å²) in [5.41, 5.74) is 7.17. The van der Waals surface area contributed by atoms with Crippen LogP contribution < -0.4 is 20.1 Å². The summed E-state index contributed by atoms with van der Waals surface area (Å²) in [6.45, 7) is 7.45. The molecule has 0 spiro atoms. The van der Waals surface area contributed by atoms with E-state index in [4.69, 9.17) is 15.5 Å². The number of nitrogens with zero attached hydrogens (tertiary/aromatic N) is 4. The number of hydrogen-bond acceptors (Lipinski definition) is 9. The zero-order valence-corrected chi connectivity index (χ0v) is 22.0. The van der Waals surface area contributed by atoms with Crippen molar-refractivity contribution < 1.29 is 19.4 Å². The summed E-state index contributed by atoms with van der Waals surface area (Å²) in [5.74, 6) is 0.670. The van der Waals surface area contributed by atoms with Gasteiger partial charge < -0.3 is 15.4 Å². The molecule has 37 heavy (non-hydrogen) atoms. The van der Waals surface area contributed by atoms with Crippen LogP contribution in [0.1, 0.15) is 51.8 Å². The number of sulfonamides is 1. The van der Waals surface area contributed by atoms with Gasteiger partial charge in [0.1, 0.15) is 11.6 Å². The van der Waals surface area contributed by atoms with Crippen LogP contribution >= 0.6 is 0 Å². The average molecular weight is 527 g/mol. The van der Waals surface area contributed by atoms with E-state index >= 15 is 0 Å². The number of pyridine rings is 3. The van der Waals surface area contributed by atoms with Crippen molar-refractivity contribution >= 4 is 27.6 Å². The van der Waals surface area contributed by atoms with E-state index in [0.29, 0.717) is 23.3 Å². The Morgan fingerprint density at radius 1 is 1.22 bits per heavy atom. The Morgan fingerprint density at radius 2 is 2.03 bits per heavy atom. The predicted molar refractivity (Wildman–Crippen MR) is 144 cm³/mol. The maximum absolute atomic E-state index is 13.3. The fourth-order valence-electron chi connectivity index (χ4n) is 4.27. The molecule has 0 aromatic carbocycles. The molecule has 4 rings (SSSR count). The Morgan fingerprint density at radius 3 is 2.70 bits per heavy atom. The molecule has 1 fully saturated rings. The number of anilines is 2. The SMILES string of the molecule is CCC1CCCN(c2nc(-c3ccc(OC(C)C)nc3)ccc2C(=O)NS(=O)(=O)c2cccc(N)n2)C1.[HH]. The van der Waals surface area contributed by atoms with Crippen molar-refractivity contribution in [2.75, 3.05) is 23.7 Å². The van der Waals surface area contributed by atoms with E-state index in [2.05, 4.69) is 26.5 Å². The molecular weight excluding hydrogens is 492 g/mol. The van der Waals surface area contributed by atoms with Crippen LogP contribution in [0.5, 0.6) is 5.88 Å². The molecule has 1 amide bonds. The summed E-state index contributed by atoms with van der Waals surface area (Å²) in [5, 5.41) is -0.328. The molecule has 0 aliphatic carbocycles. The number of carbonyl (C=O) groups excluding carboxylic acids is 1. The zero-order valence-electron chi connectivity index (χ0n) is 21.2. The van der Waals surface area contributed by atoms with Crippen LogP contribution in [0.3, 0.4) is 0 Å². The molecule has 198 valence electrons. The molecule has 3 N–H and O–H groups in total. The number of ether oxygens (including phenoxy) is 1. The van der Waals surface area contributed by atoms with Crippen molar-refractivity contribution in [1.29, 1.82) is 0 Å². The number of amides is 1. The van der Waals surface area contributed by atoms with Gasteiger partial charge in [0, 0.05) is 32.3 Å². The lowest BCUT2D eigenvalue weighted by molar-refractivity contribution is 0.0981. The average Bonchev–Trinajstić information content (AvgIpc) is 2.88. The minimum absolute atomic E-state index is 0. The van der Waals surface area contributed by atoms with Gasteiger partial charge in [0.25, 0.3) is 15.9 Å².